The highest BCUT2D eigenvalue weighted by molar-refractivity contribution is 6.32. The fraction of sp³-hybridized carbons (Fsp3) is 0.560. The summed E-state index contributed by atoms with van der Waals surface area (Å²) in [7, 11) is 1.57. The molecule has 1 amide bonds. The molecular formula is C25H31ClN4O4. The number of halogens is 1. The molecule has 2 heterocycles. The molecule has 1 aromatic heterocycles. The number of fused-ring (bicyclic) bond motifs is 1. The van der Waals surface area contributed by atoms with Crippen molar-refractivity contribution in [2.45, 2.75) is 57.3 Å². The molecule has 5 rings (SSSR count). The second-order valence-electron chi connectivity index (χ2n) is 9.68. The van der Waals surface area contributed by atoms with Crippen molar-refractivity contribution in [2.24, 2.45) is 11.8 Å². The van der Waals surface area contributed by atoms with Crippen LogP contribution in [0.2, 0.25) is 5.02 Å². The van der Waals surface area contributed by atoms with Crippen LogP contribution in [0.3, 0.4) is 0 Å². The maximum atomic E-state index is 13.2. The van der Waals surface area contributed by atoms with Gasteiger partial charge >= 0.3 is 0 Å². The van der Waals surface area contributed by atoms with Gasteiger partial charge in [0.25, 0.3) is 5.91 Å². The summed E-state index contributed by atoms with van der Waals surface area (Å²) >= 11 is 6.31. The minimum Gasteiger partial charge on any atom is -0.495 e. The van der Waals surface area contributed by atoms with Gasteiger partial charge in [-0.2, -0.15) is 4.98 Å². The van der Waals surface area contributed by atoms with Crippen molar-refractivity contribution in [1.82, 2.24) is 15.3 Å². The monoisotopic (exact) mass is 486 g/mol. The lowest BCUT2D eigenvalue weighted by Crippen LogP contribution is -2.39. The number of piperidine rings is 1. The molecular weight excluding hydrogens is 456 g/mol. The van der Waals surface area contributed by atoms with Crippen molar-refractivity contribution in [3.63, 3.8) is 0 Å². The van der Waals surface area contributed by atoms with E-state index < -0.39 is 6.10 Å². The molecule has 3 atom stereocenters. The highest BCUT2D eigenvalue weighted by Gasteiger charge is 2.46. The summed E-state index contributed by atoms with van der Waals surface area (Å²) in [6.07, 6.45) is 5.06. The van der Waals surface area contributed by atoms with Gasteiger partial charge in [-0.05, 0) is 68.6 Å². The van der Waals surface area contributed by atoms with Crippen LogP contribution in [-0.2, 0) is 0 Å². The summed E-state index contributed by atoms with van der Waals surface area (Å²) in [5.74, 6) is 2.66. The predicted octanol–water partition coefficient (Wildman–Crippen LogP) is 3.77. The van der Waals surface area contributed by atoms with Crippen molar-refractivity contribution in [1.29, 1.82) is 0 Å². The number of nitrogens with zero attached hydrogens (tertiary/aromatic N) is 3. The number of methoxy groups -OCH3 is 1. The number of amides is 1. The fourth-order valence-corrected chi connectivity index (χ4v) is 5.24. The molecule has 0 radical (unpaired) electrons. The Morgan fingerprint density at radius 1 is 1.24 bits per heavy atom. The van der Waals surface area contributed by atoms with Gasteiger partial charge in [-0.15, -0.1) is 0 Å². The number of aromatic nitrogens is 2. The molecule has 2 saturated carbocycles. The van der Waals surface area contributed by atoms with E-state index in [0.717, 1.165) is 43.3 Å². The van der Waals surface area contributed by atoms with Gasteiger partial charge in [0, 0.05) is 25.3 Å². The third-order valence-corrected chi connectivity index (χ3v) is 7.51. The van der Waals surface area contributed by atoms with Gasteiger partial charge < -0.3 is 24.8 Å². The zero-order chi connectivity index (χ0) is 23.8. The van der Waals surface area contributed by atoms with E-state index in [1.165, 1.54) is 6.42 Å². The van der Waals surface area contributed by atoms with Gasteiger partial charge in [-0.3, -0.25) is 4.79 Å². The second kappa shape index (κ2) is 9.58. The molecule has 1 saturated heterocycles. The zero-order valence-corrected chi connectivity index (χ0v) is 20.3. The van der Waals surface area contributed by atoms with Crippen LogP contribution in [0.4, 0.5) is 5.95 Å². The lowest BCUT2D eigenvalue weighted by Gasteiger charge is -2.26. The standard InChI is InChI=1S/C25H31ClN4O4/c1-14(15-3-8-22(33-2)21(26)10-15)34-24-20(23(32)28-18-4-6-19(31)7-5-18)11-27-25(29-24)30-12-16-9-17(16)13-30/h3,8,10-11,14,16-19,31H,4-7,9,12-13H2,1-2H3,(H,28,32). The SMILES string of the molecule is COc1ccc(C(C)Oc2nc(N3CC4CC4C3)ncc2C(=O)NC2CCC(O)CC2)cc1Cl. The molecule has 3 fully saturated rings. The number of rotatable bonds is 7. The average Bonchev–Trinajstić information content (AvgIpc) is 3.44. The van der Waals surface area contributed by atoms with Gasteiger partial charge in [0.05, 0.1) is 18.2 Å². The van der Waals surface area contributed by atoms with Crippen molar-refractivity contribution >= 4 is 23.5 Å². The van der Waals surface area contributed by atoms with Crippen LogP contribution in [0, 0.1) is 11.8 Å². The first-order valence-corrected chi connectivity index (χ1v) is 12.4. The molecule has 2 aliphatic carbocycles. The second-order valence-corrected chi connectivity index (χ2v) is 10.1. The summed E-state index contributed by atoms with van der Waals surface area (Å²) in [4.78, 5) is 24.6. The number of carbonyl (C=O) groups excluding carboxylic acids is 1. The average molecular weight is 487 g/mol. The number of nitrogens with one attached hydrogen (secondary N) is 1. The Kier molecular flexibility index (Phi) is 6.53. The molecule has 1 aromatic carbocycles. The van der Waals surface area contributed by atoms with Gasteiger partial charge in [-0.25, -0.2) is 4.98 Å². The molecule has 3 aliphatic rings. The topological polar surface area (TPSA) is 96.8 Å². The van der Waals surface area contributed by atoms with Crippen molar-refractivity contribution in [3.05, 3.63) is 40.5 Å². The highest BCUT2D eigenvalue weighted by Crippen LogP contribution is 2.46. The maximum Gasteiger partial charge on any atom is 0.258 e. The molecule has 0 spiro atoms. The molecule has 8 nitrogen and oxygen atoms in total. The zero-order valence-electron chi connectivity index (χ0n) is 19.5. The number of benzene rings is 1. The van der Waals surface area contributed by atoms with Gasteiger partial charge in [-0.1, -0.05) is 17.7 Å². The van der Waals surface area contributed by atoms with Crippen LogP contribution in [0.5, 0.6) is 11.6 Å². The Morgan fingerprint density at radius 2 is 1.97 bits per heavy atom. The molecule has 34 heavy (non-hydrogen) atoms. The van der Waals surface area contributed by atoms with E-state index in [9.17, 15) is 9.90 Å². The summed E-state index contributed by atoms with van der Waals surface area (Å²) in [5.41, 5.74) is 1.16. The number of aliphatic hydroxyl groups excluding tert-OH is 1. The summed E-state index contributed by atoms with van der Waals surface area (Å²) < 4.78 is 11.5. The smallest absolute Gasteiger partial charge is 0.258 e. The quantitative estimate of drug-likeness (QED) is 0.614. The maximum absolute atomic E-state index is 13.2. The van der Waals surface area contributed by atoms with E-state index in [2.05, 4.69) is 15.2 Å². The van der Waals surface area contributed by atoms with E-state index in [4.69, 9.17) is 26.1 Å². The third-order valence-electron chi connectivity index (χ3n) is 7.21. The predicted molar refractivity (Wildman–Crippen MR) is 129 cm³/mol. The van der Waals surface area contributed by atoms with Gasteiger partial charge in [0.15, 0.2) is 0 Å². The molecule has 2 aromatic rings. The first-order chi connectivity index (χ1) is 16.4. The van der Waals surface area contributed by atoms with Crippen LogP contribution in [0.25, 0.3) is 0 Å². The highest BCUT2D eigenvalue weighted by atomic mass is 35.5. The lowest BCUT2D eigenvalue weighted by molar-refractivity contribution is 0.0860. The number of ether oxygens (including phenoxy) is 2. The summed E-state index contributed by atoms with van der Waals surface area (Å²) in [6, 6.07) is 5.50. The van der Waals surface area contributed by atoms with Gasteiger partial charge in [0.2, 0.25) is 11.8 Å². The van der Waals surface area contributed by atoms with Crippen molar-refractivity contribution in [2.75, 3.05) is 25.1 Å². The first kappa shape index (κ1) is 23.2. The van der Waals surface area contributed by atoms with E-state index in [1.54, 1.807) is 25.4 Å². The van der Waals surface area contributed by atoms with Crippen LogP contribution in [0.15, 0.2) is 24.4 Å². The molecule has 182 valence electrons. The fourth-order valence-electron chi connectivity index (χ4n) is 4.97. The van der Waals surface area contributed by atoms with E-state index >= 15 is 0 Å². The number of aliphatic hydroxyl groups is 1. The Morgan fingerprint density at radius 3 is 2.65 bits per heavy atom. The largest absolute Gasteiger partial charge is 0.495 e. The van der Waals surface area contributed by atoms with Crippen molar-refractivity contribution < 1.29 is 19.4 Å². The number of anilines is 1. The Hall–Kier alpha value is -2.58. The molecule has 9 heteroatoms. The lowest BCUT2D eigenvalue weighted by atomic mass is 9.93. The van der Waals surface area contributed by atoms with Gasteiger partial charge in [0.1, 0.15) is 17.4 Å². The Labute approximate surface area is 204 Å². The third kappa shape index (κ3) is 4.93. The number of hydrogen-bond donors (Lipinski definition) is 2. The molecule has 3 unspecified atom stereocenters. The van der Waals surface area contributed by atoms with Crippen LogP contribution in [0.1, 0.15) is 61.1 Å². The van der Waals surface area contributed by atoms with E-state index in [-0.39, 0.29) is 23.9 Å². The number of carbonyl (C=O) groups is 1. The Bertz CT molecular complexity index is 1050. The van der Waals surface area contributed by atoms with E-state index in [0.29, 0.717) is 35.1 Å². The summed E-state index contributed by atoms with van der Waals surface area (Å²) in [5, 5.41) is 13.3. The normalized spacial score (nSPS) is 26.5. The van der Waals surface area contributed by atoms with E-state index in [1.807, 2.05) is 13.0 Å². The molecule has 2 N–H and O–H groups in total. The van der Waals surface area contributed by atoms with Crippen LogP contribution < -0.4 is 19.7 Å². The van der Waals surface area contributed by atoms with Crippen LogP contribution in [-0.4, -0.2) is 53.3 Å². The minimum absolute atomic E-state index is 0.0203. The minimum atomic E-state index is -0.394. The Balaban J connectivity index is 1.37. The molecule has 1 aliphatic heterocycles. The summed E-state index contributed by atoms with van der Waals surface area (Å²) in [6.45, 7) is 3.79. The van der Waals surface area contributed by atoms with Crippen molar-refractivity contribution in [3.8, 4) is 11.6 Å². The first-order valence-electron chi connectivity index (χ1n) is 12.0. The van der Waals surface area contributed by atoms with Crippen LogP contribution >= 0.6 is 11.6 Å². The number of hydrogen-bond acceptors (Lipinski definition) is 7. The molecule has 0 bridgehead atoms.